The maximum absolute atomic E-state index is 12.5. The van der Waals surface area contributed by atoms with Gasteiger partial charge in [-0.25, -0.2) is 14.6 Å². The summed E-state index contributed by atoms with van der Waals surface area (Å²) in [6.07, 6.45) is 1.49. The van der Waals surface area contributed by atoms with Crippen molar-refractivity contribution >= 4 is 45.3 Å². The summed E-state index contributed by atoms with van der Waals surface area (Å²) >= 11 is 3.25. The average molecular weight is 519 g/mol. The zero-order chi connectivity index (χ0) is 23.9. The molecule has 0 bridgehead atoms. The number of carbonyl (C=O) groups excluding carboxylic acids is 2. The molecule has 0 aliphatic rings. The first-order chi connectivity index (χ1) is 16.5. The van der Waals surface area contributed by atoms with Crippen LogP contribution in [0.25, 0.3) is 11.3 Å². The van der Waals surface area contributed by atoms with E-state index in [0.29, 0.717) is 27.2 Å². The fraction of sp³-hybridized carbons (Fsp3) is 0.0417. The average Bonchev–Trinajstić information content (AvgIpc) is 2.86. The molecule has 34 heavy (non-hydrogen) atoms. The fourth-order valence-electron chi connectivity index (χ4n) is 3.03. The lowest BCUT2D eigenvalue weighted by Gasteiger charge is -2.12. The van der Waals surface area contributed by atoms with E-state index in [9.17, 15) is 9.59 Å². The van der Waals surface area contributed by atoms with E-state index in [1.807, 2.05) is 30.3 Å². The second kappa shape index (κ2) is 10.5. The van der Waals surface area contributed by atoms with Gasteiger partial charge in [0.1, 0.15) is 18.0 Å². The molecular formula is C24H19BrN6O3. The first-order valence-electron chi connectivity index (χ1n) is 10.1. The maximum atomic E-state index is 12.5. The van der Waals surface area contributed by atoms with Gasteiger partial charge in [-0.1, -0.05) is 48.5 Å². The fourth-order valence-corrected chi connectivity index (χ4v) is 3.37. The number of esters is 1. The number of ether oxygens (including phenoxy) is 1. The lowest BCUT2D eigenvalue weighted by molar-refractivity contribution is 0.0474. The summed E-state index contributed by atoms with van der Waals surface area (Å²) in [5.74, 6) is -0.267. The Labute approximate surface area is 203 Å². The van der Waals surface area contributed by atoms with E-state index >= 15 is 0 Å². The van der Waals surface area contributed by atoms with Gasteiger partial charge in [-0.3, -0.25) is 5.32 Å². The lowest BCUT2D eigenvalue weighted by Crippen LogP contribution is -2.21. The molecule has 4 N–H and O–H groups in total. The van der Waals surface area contributed by atoms with Crippen LogP contribution < -0.4 is 16.4 Å². The van der Waals surface area contributed by atoms with E-state index in [0.717, 1.165) is 5.56 Å². The zero-order valence-corrected chi connectivity index (χ0v) is 19.3. The van der Waals surface area contributed by atoms with Crippen LogP contribution in [-0.2, 0) is 11.3 Å². The van der Waals surface area contributed by atoms with Crippen molar-refractivity contribution in [3.05, 3.63) is 94.6 Å². The number of para-hydroxylation sites is 1. The molecule has 4 rings (SSSR count). The molecule has 170 valence electrons. The molecule has 2 aromatic heterocycles. The Hall–Kier alpha value is -4.31. The number of nitrogen functional groups attached to an aromatic ring is 1. The van der Waals surface area contributed by atoms with Crippen LogP contribution in [0.1, 0.15) is 15.9 Å². The Bertz CT molecular complexity index is 1320. The van der Waals surface area contributed by atoms with E-state index in [4.69, 9.17) is 10.5 Å². The van der Waals surface area contributed by atoms with Crippen molar-refractivity contribution in [3.63, 3.8) is 0 Å². The molecular weight excluding hydrogens is 500 g/mol. The minimum absolute atomic E-state index is 0.0679. The predicted molar refractivity (Wildman–Crippen MR) is 132 cm³/mol. The van der Waals surface area contributed by atoms with Crippen molar-refractivity contribution in [1.82, 2.24) is 15.2 Å². The molecule has 2 heterocycles. The van der Waals surface area contributed by atoms with Crippen LogP contribution in [0.4, 0.5) is 22.1 Å². The van der Waals surface area contributed by atoms with Crippen LogP contribution in [0.3, 0.4) is 0 Å². The monoisotopic (exact) mass is 518 g/mol. The molecule has 10 heteroatoms. The second-order valence-electron chi connectivity index (χ2n) is 7.07. The maximum Gasteiger partial charge on any atom is 0.342 e. The number of pyridine rings is 1. The van der Waals surface area contributed by atoms with Crippen LogP contribution in [0, 0.1) is 0 Å². The third kappa shape index (κ3) is 5.73. The van der Waals surface area contributed by atoms with Gasteiger partial charge >= 0.3 is 12.0 Å². The van der Waals surface area contributed by atoms with Crippen molar-refractivity contribution in [1.29, 1.82) is 0 Å². The van der Waals surface area contributed by atoms with Gasteiger partial charge in [-0.2, -0.15) is 0 Å². The summed E-state index contributed by atoms with van der Waals surface area (Å²) in [5, 5.41) is 13.6. The molecule has 0 spiro atoms. The summed E-state index contributed by atoms with van der Waals surface area (Å²) in [5.41, 5.74) is 8.60. The molecule has 0 atom stereocenters. The Morgan fingerprint density at radius 2 is 1.71 bits per heavy atom. The van der Waals surface area contributed by atoms with E-state index < -0.39 is 12.0 Å². The highest BCUT2D eigenvalue weighted by Gasteiger charge is 2.15. The molecule has 0 saturated heterocycles. The molecule has 0 fully saturated rings. The Morgan fingerprint density at radius 3 is 2.47 bits per heavy atom. The number of hydrogen-bond donors (Lipinski definition) is 3. The number of amides is 2. The largest absolute Gasteiger partial charge is 0.457 e. The topological polar surface area (TPSA) is 132 Å². The van der Waals surface area contributed by atoms with Gasteiger partial charge in [0, 0.05) is 27.5 Å². The van der Waals surface area contributed by atoms with Gasteiger partial charge in [0.05, 0.1) is 5.69 Å². The van der Waals surface area contributed by atoms with Crippen molar-refractivity contribution in [2.24, 2.45) is 0 Å². The standard InChI is InChI=1S/C24H19BrN6O3/c25-17-12-18(22(26)27-13-17)23(32)34-14-16-8-4-5-9-19(16)28-24(33)29-21-11-10-20(30-31-21)15-6-2-1-3-7-15/h1-13H,14H2,(H2,26,27)(H2,28,29,31,33). The van der Waals surface area contributed by atoms with Gasteiger partial charge in [-0.15, -0.1) is 10.2 Å². The number of halogens is 1. The highest BCUT2D eigenvalue weighted by atomic mass is 79.9. The molecule has 0 aliphatic carbocycles. The predicted octanol–water partition coefficient (Wildman–Crippen LogP) is 4.88. The number of anilines is 3. The van der Waals surface area contributed by atoms with Gasteiger partial charge in [-0.05, 0) is 40.2 Å². The van der Waals surface area contributed by atoms with Crippen LogP contribution in [0.5, 0.6) is 0 Å². The van der Waals surface area contributed by atoms with Crippen molar-refractivity contribution < 1.29 is 14.3 Å². The van der Waals surface area contributed by atoms with Gasteiger partial charge in [0.25, 0.3) is 0 Å². The quantitative estimate of drug-likeness (QED) is 0.309. The Morgan fingerprint density at radius 1 is 0.941 bits per heavy atom. The summed E-state index contributed by atoms with van der Waals surface area (Å²) in [7, 11) is 0. The van der Waals surface area contributed by atoms with Crippen molar-refractivity contribution in [2.45, 2.75) is 6.61 Å². The number of nitrogens with two attached hydrogens (primary N) is 1. The van der Waals surface area contributed by atoms with Crippen LogP contribution in [0.15, 0.2) is 83.5 Å². The van der Waals surface area contributed by atoms with E-state index in [2.05, 4.69) is 41.7 Å². The molecule has 4 aromatic rings. The molecule has 2 aromatic carbocycles. The number of nitrogens with one attached hydrogen (secondary N) is 2. The molecule has 0 radical (unpaired) electrons. The number of hydrogen-bond acceptors (Lipinski definition) is 7. The minimum atomic E-state index is -0.626. The zero-order valence-electron chi connectivity index (χ0n) is 17.7. The minimum Gasteiger partial charge on any atom is -0.457 e. The third-order valence-corrected chi connectivity index (χ3v) is 5.14. The van der Waals surface area contributed by atoms with Crippen molar-refractivity contribution in [2.75, 3.05) is 16.4 Å². The third-order valence-electron chi connectivity index (χ3n) is 4.71. The SMILES string of the molecule is Nc1ncc(Br)cc1C(=O)OCc1ccccc1NC(=O)Nc1ccc(-c2ccccc2)nn1. The molecule has 0 aliphatic heterocycles. The van der Waals surface area contributed by atoms with Crippen LogP contribution >= 0.6 is 15.9 Å². The van der Waals surface area contributed by atoms with Crippen molar-refractivity contribution in [3.8, 4) is 11.3 Å². The highest BCUT2D eigenvalue weighted by molar-refractivity contribution is 9.10. The number of benzene rings is 2. The normalized spacial score (nSPS) is 10.4. The number of rotatable bonds is 6. The summed E-state index contributed by atoms with van der Waals surface area (Å²) in [6.45, 7) is -0.0766. The lowest BCUT2D eigenvalue weighted by atomic mass is 10.1. The van der Waals surface area contributed by atoms with E-state index in [-0.39, 0.29) is 18.0 Å². The highest BCUT2D eigenvalue weighted by Crippen LogP contribution is 2.21. The summed E-state index contributed by atoms with van der Waals surface area (Å²) < 4.78 is 5.98. The molecule has 9 nitrogen and oxygen atoms in total. The first-order valence-corrected chi connectivity index (χ1v) is 10.9. The number of urea groups is 1. The number of carbonyl (C=O) groups is 2. The second-order valence-corrected chi connectivity index (χ2v) is 7.98. The van der Waals surface area contributed by atoms with Crippen LogP contribution in [0.2, 0.25) is 0 Å². The number of aromatic nitrogens is 3. The van der Waals surface area contributed by atoms with E-state index in [1.54, 1.807) is 36.4 Å². The molecule has 2 amide bonds. The first kappa shape index (κ1) is 22.9. The van der Waals surface area contributed by atoms with Gasteiger partial charge in [0.15, 0.2) is 5.82 Å². The van der Waals surface area contributed by atoms with Crippen LogP contribution in [-0.4, -0.2) is 27.2 Å². The molecule has 0 saturated carbocycles. The van der Waals surface area contributed by atoms with Gasteiger partial charge < -0.3 is 15.8 Å². The molecule has 0 unspecified atom stereocenters. The van der Waals surface area contributed by atoms with E-state index in [1.165, 1.54) is 12.3 Å². The summed E-state index contributed by atoms with van der Waals surface area (Å²) in [4.78, 5) is 28.8. The number of nitrogens with zero attached hydrogens (tertiary/aromatic N) is 3. The smallest absolute Gasteiger partial charge is 0.342 e. The Balaban J connectivity index is 1.38. The van der Waals surface area contributed by atoms with Gasteiger partial charge in [0.2, 0.25) is 0 Å². The summed E-state index contributed by atoms with van der Waals surface area (Å²) in [6, 6.07) is 21.0. The Kier molecular flexibility index (Phi) is 7.09.